The van der Waals surface area contributed by atoms with Gasteiger partial charge >= 0.3 is 6.09 Å². The number of nitrogens with one attached hydrogen (secondary N) is 2. The van der Waals surface area contributed by atoms with E-state index in [2.05, 4.69) is 10.6 Å². The van der Waals surface area contributed by atoms with Crippen molar-refractivity contribution < 1.29 is 13.9 Å². The first-order valence-electron chi connectivity index (χ1n) is 9.39. The maximum atomic E-state index is 14.1. The Balaban J connectivity index is 1.96. The minimum atomic E-state index is -0.649. The highest BCUT2D eigenvalue weighted by Gasteiger charge is 2.46. The summed E-state index contributed by atoms with van der Waals surface area (Å²) in [4.78, 5) is 12.7. The fourth-order valence-electron chi connectivity index (χ4n) is 3.75. The summed E-state index contributed by atoms with van der Waals surface area (Å²) in [6.45, 7) is 6.65. The van der Waals surface area contributed by atoms with Crippen molar-refractivity contribution >= 4 is 17.7 Å². The summed E-state index contributed by atoms with van der Waals surface area (Å²) in [5.41, 5.74) is 0.621. The van der Waals surface area contributed by atoms with E-state index in [0.29, 0.717) is 19.5 Å². The molecular formula is C22H26ClFN2O2. The molecule has 1 amide bonds. The molecule has 0 aromatic heterocycles. The van der Waals surface area contributed by atoms with Crippen LogP contribution in [-0.2, 0) is 11.2 Å². The van der Waals surface area contributed by atoms with Crippen LogP contribution in [0.4, 0.5) is 9.18 Å². The third-order valence-electron chi connectivity index (χ3n) is 4.91. The molecule has 150 valence electrons. The third-order valence-corrected chi connectivity index (χ3v) is 5.22. The Labute approximate surface area is 170 Å². The summed E-state index contributed by atoms with van der Waals surface area (Å²) >= 11 is 5.86. The van der Waals surface area contributed by atoms with E-state index in [-0.39, 0.29) is 10.9 Å². The molecule has 1 aliphatic rings. The van der Waals surface area contributed by atoms with Gasteiger partial charge in [-0.15, -0.1) is 0 Å². The van der Waals surface area contributed by atoms with Gasteiger partial charge in [0, 0.05) is 19.0 Å². The van der Waals surface area contributed by atoms with E-state index in [1.165, 1.54) is 6.07 Å². The maximum Gasteiger partial charge on any atom is 0.408 e. The molecule has 1 heterocycles. The Bertz CT molecular complexity index is 838. The summed E-state index contributed by atoms with van der Waals surface area (Å²) in [6, 6.07) is 14.8. The summed E-state index contributed by atoms with van der Waals surface area (Å²) in [7, 11) is 0. The molecule has 1 fully saturated rings. The molecule has 0 unspecified atom stereocenters. The van der Waals surface area contributed by atoms with Gasteiger partial charge in [-0.25, -0.2) is 9.18 Å². The van der Waals surface area contributed by atoms with Gasteiger partial charge in [-0.05, 0) is 50.5 Å². The van der Waals surface area contributed by atoms with Crippen LogP contribution in [0.3, 0.4) is 0 Å². The molecule has 2 atom stereocenters. The number of alkyl carbamates (subject to hydrolysis) is 1. The fourth-order valence-corrected chi connectivity index (χ4v) is 3.87. The number of benzene rings is 2. The summed E-state index contributed by atoms with van der Waals surface area (Å²) in [5.74, 6) is -0.594. The third kappa shape index (κ3) is 4.83. The standard InChI is InChI=1S/C22H26ClFN2O2/c1-21(2,3)28-20(27)26-22(12-15-7-5-4-6-8-15)14-25-13-17(22)16-9-10-18(23)19(24)11-16/h4-11,17,25H,12-14H2,1-3H3,(H,26,27)/t17-,22+/m0/s1. The number of ether oxygens (including phenoxy) is 1. The first kappa shape index (κ1) is 20.6. The van der Waals surface area contributed by atoms with Crippen LogP contribution in [0, 0.1) is 5.82 Å². The highest BCUT2D eigenvalue weighted by atomic mass is 35.5. The largest absolute Gasteiger partial charge is 0.444 e. The van der Waals surface area contributed by atoms with E-state index in [9.17, 15) is 9.18 Å². The Kier molecular flexibility index (Phi) is 5.96. The van der Waals surface area contributed by atoms with Gasteiger partial charge in [0.1, 0.15) is 11.4 Å². The van der Waals surface area contributed by atoms with Crippen LogP contribution in [0.5, 0.6) is 0 Å². The van der Waals surface area contributed by atoms with Gasteiger partial charge < -0.3 is 15.4 Å². The highest BCUT2D eigenvalue weighted by Crippen LogP contribution is 2.36. The van der Waals surface area contributed by atoms with E-state index in [1.54, 1.807) is 6.07 Å². The maximum absolute atomic E-state index is 14.1. The lowest BCUT2D eigenvalue weighted by Gasteiger charge is -2.37. The lowest BCUT2D eigenvalue weighted by atomic mass is 9.77. The van der Waals surface area contributed by atoms with Crippen molar-refractivity contribution in [3.05, 3.63) is 70.5 Å². The monoisotopic (exact) mass is 404 g/mol. The SMILES string of the molecule is CC(C)(C)OC(=O)N[C@]1(Cc2ccccc2)CNC[C@H]1c1ccc(Cl)c(F)c1. The second kappa shape index (κ2) is 8.10. The molecule has 2 aromatic rings. The van der Waals surface area contributed by atoms with E-state index in [1.807, 2.05) is 57.2 Å². The molecule has 1 aliphatic heterocycles. The fraction of sp³-hybridized carbons (Fsp3) is 0.409. The summed E-state index contributed by atoms with van der Waals surface area (Å²) < 4.78 is 19.6. The van der Waals surface area contributed by atoms with Gasteiger partial charge in [0.25, 0.3) is 0 Å². The zero-order valence-electron chi connectivity index (χ0n) is 16.4. The molecule has 2 N–H and O–H groups in total. The van der Waals surface area contributed by atoms with Crippen LogP contribution in [0.25, 0.3) is 0 Å². The molecule has 0 bridgehead atoms. The van der Waals surface area contributed by atoms with Crippen molar-refractivity contribution in [1.82, 2.24) is 10.6 Å². The predicted molar refractivity (Wildman–Crippen MR) is 109 cm³/mol. The molecule has 1 saturated heterocycles. The lowest BCUT2D eigenvalue weighted by Crippen LogP contribution is -2.56. The van der Waals surface area contributed by atoms with E-state index >= 15 is 0 Å². The van der Waals surface area contributed by atoms with Crippen molar-refractivity contribution in [3.63, 3.8) is 0 Å². The molecule has 0 radical (unpaired) electrons. The van der Waals surface area contributed by atoms with Gasteiger partial charge in [0.15, 0.2) is 0 Å². The van der Waals surface area contributed by atoms with Crippen LogP contribution in [0.1, 0.15) is 37.8 Å². The van der Waals surface area contributed by atoms with Crippen LogP contribution >= 0.6 is 11.6 Å². The van der Waals surface area contributed by atoms with Gasteiger partial charge in [-0.1, -0.05) is 48.0 Å². The second-order valence-corrected chi connectivity index (χ2v) is 8.71. The van der Waals surface area contributed by atoms with Gasteiger partial charge in [-0.3, -0.25) is 0 Å². The van der Waals surface area contributed by atoms with E-state index < -0.39 is 23.1 Å². The summed E-state index contributed by atoms with van der Waals surface area (Å²) in [5, 5.41) is 6.55. The number of hydrogen-bond acceptors (Lipinski definition) is 3. The average molecular weight is 405 g/mol. The molecule has 6 heteroatoms. The molecule has 0 aliphatic carbocycles. The average Bonchev–Trinajstić information content (AvgIpc) is 2.99. The Morgan fingerprint density at radius 1 is 1.29 bits per heavy atom. The van der Waals surface area contributed by atoms with Crippen molar-refractivity contribution in [1.29, 1.82) is 0 Å². The van der Waals surface area contributed by atoms with Crippen molar-refractivity contribution in [2.45, 2.75) is 44.2 Å². The Morgan fingerprint density at radius 3 is 2.64 bits per heavy atom. The van der Waals surface area contributed by atoms with Crippen LogP contribution < -0.4 is 10.6 Å². The van der Waals surface area contributed by atoms with Gasteiger partial charge in [0.05, 0.1) is 10.6 Å². The Morgan fingerprint density at radius 2 is 2.00 bits per heavy atom. The van der Waals surface area contributed by atoms with Crippen LogP contribution in [0.15, 0.2) is 48.5 Å². The van der Waals surface area contributed by atoms with Gasteiger partial charge in [0.2, 0.25) is 0 Å². The van der Waals surface area contributed by atoms with Crippen LogP contribution in [0.2, 0.25) is 5.02 Å². The van der Waals surface area contributed by atoms with E-state index in [4.69, 9.17) is 16.3 Å². The molecule has 0 saturated carbocycles. The topological polar surface area (TPSA) is 50.4 Å². The first-order chi connectivity index (χ1) is 13.2. The predicted octanol–water partition coefficient (Wildman–Crippen LogP) is 4.67. The molecular weight excluding hydrogens is 379 g/mol. The molecule has 2 aromatic carbocycles. The number of amides is 1. The van der Waals surface area contributed by atoms with E-state index in [0.717, 1.165) is 11.1 Å². The zero-order valence-corrected chi connectivity index (χ0v) is 17.1. The zero-order chi connectivity index (χ0) is 20.4. The quantitative estimate of drug-likeness (QED) is 0.778. The smallest absolute Gasteiger partial charge is 0.408 e. The van der Waals surface area contributed by atoms with Gasteiger partial charge in [-0.2, -0.15) is 0 Å². The van der Waals surface area contributed by atoms with Crippen molar-refractivity contribution in [2.24, 2.45) is 0 Å². The van der Waals surface area contributed by atoms with Crippen molar-refractivity contribution in [3.8, 4) is 0 Å². The molecule has 3 rings (SSSR count). The number of hydrogen-bond donors (Lipinski definition) is 2. The molecule has 4 nitrogen and oxygen atoms in total. The number of carbonyl (C=O) groups is 1. The van der Waals surface area contributed by atoms with Crippen LogP contribution in [-0.4, -0.2) is 30.3 Å². The van der Waals surface area contributed by atoms with Crippen molar-refractivity contribution in [2.75, 3.05) is 13.1 Å². The number of rotatable bonds is 4. The second-order valence-electron chi connectivity index (χ2n) is 8.30. The normalized spacial score (nSPS) is 22.1. The molecule has 28 heavy (non-hydrogen) atoms. The molecule has 0 spiro atoms. The Hall–Kier alpha value is -2.11. The highest BCUT2D eigenvalue weighted by molar-refractivity contribution is 6.30. The lowest BCUT2D eigenvalue weighted by molar-refractivity contribution is 0.0453. The number of halogens is 2. The minimum absolute atomic E-state index is 0.0865. The number of carbonyl (C=O) groups excluding carboxylic acids is 1. The minimum Gasteiger partial charge on any atom is -0.444 e. The first-order valence-corrected chi connectivity index (χ1v) is 9.77. The summed E-state index contributed by atoms with van der Waals surface area (Å²) in [6.07, 6.45) is 0.112.